The minimum atomic E-state index is -5.59. The molecule has 2 saturated heterocycles. The van der Waals surface area contributed by atoms with Crippen molar-refractivity contribution in [2.45, 2.75) is 55.2 Å². The third kappa shape index (κ3) is 6.54. The van der Waals surface area contributed by atoms with Crippen molar-refractivity contribution < 1.29 is 72.4 Å². The van der Waals surface area contributed by atoms with Gasteiger partial charge in [0.1, 0.15) is 42.7 Å². The van der Waals surface area contributed by atoms with Gasteiger partial charge in [-0.15, -0.1) is 0 Å². The highest BCUT2D eigenvalue weighted by atomic mass is 31.3. The highest BCUT2D eigenvalue weighted by molar-refractivity contribution is 7.61. The van der Waals surface area contributed by atoms with E-state index in [-0.39, 0.29) is 0 Å². The summed E-state index contributed by atoms with van der Waals surface area (Å²) in [5, 5.41) is 58.6. The van der Waals surface area contributed by atoms with Gasteiger partial charge in [0.15, 0.2) is 12.5 Å². The molecule has 11 atom stereocenters. The minimum absolute atomic E-state index is 0.723. The molecule has 0 amide bonds. The van der Waals surface area contributed by atoms with E-state index in [0.717, 1.165) is 16.8 Å². The molecule has 3 rings (SSSR count). The van der Waals surface area contributed by atoms with Crippen LogP contribution >= 0.6 is 15.6 Å². The number of phosphoric acid groups is 2. The zero-order chi connectivity index (χ0) is 27.0. The highest BCUT2D eigenvalue weighted by Gasteiger charge is 2.49. The van der Waals surface area contributed by atoms with Crippen LogP contribution in [0, 0.1) is 0 Å². The fourth-order valence-corrected chi connectivity index (χ4v) is 5.51. The molecule has 36 heavy (non-hydrogen) atoms. The van der Waals surface area contributed by atoms with Gasteiger partial charge < -0.3 is 49.9 Å². The number of rotatable bonds is 9. The summed E-state index contributed by atoms with van der Waals surface area (Å²) < 4.78 is 48.1. The number of nitrogens with zero attached hydrogens (tertiary/aromatic N) is 1. The van der Waals surface area contributed by atoms with Crippen molar-refractivity contribution in [3.8, 4) is 0 Å². The first kappa shape index (κ1) is 29.2. The number of aliphatic hydroxyl groups excluding tert-OH is 6. The topological polar surface area (TPSA) is 297 Å². The van der Waals surface area contributed by atoms with Crippen molar-refractivity contribution >= 4 is 15.6 Å². The SMILES string of the molecule is O=c1ccn([C@@H]2O[C@H](COP(=O)(O)OP(=O)(O)O[13C@H]3O[13C@H]([13CH2]O)[13C@H](O)[13C@H](O)[13C@H]3O)[C@@H](O)[C@H]2O)c(=O)[nH]1. The van der Waals surface area contributed by atoms with Gasteiger partial charge in [0.25, 0.3) is 5.56 Å². The fourth-order valence-electron chi connectivity index (χ4n) is 3.35. The average Bonchev–Trinajstić information content (AvgIpc) is 3.06. The van der Waals surface area contributed by atoms with Gasteiger partial charge in [-0.1, -0.05) is 0 Å². The molecule has 0 aliphatic carbocycles. The fraction of sp³-hybridized carbons (Fsp3) is 0.733. The predicted octanol–water partition coefficient (Wildman–Crippen LogP) is -4.79. The molecule has 19 nitrogen and oxygen atoms in total. The number of nitrogens with one attached hydrogen (secondary N) is 1. The summed E-state index contributed by atoms with van der Waals surface area (Å²) in [7, 11) is -11.1. The summed E-state index contributed by atoms with van der Waals surface area (Å²) in [6, 6.07) is 0.928. The second-order valence-corrected chi connectivity index (χ2v) is 10.7. The van der Waals surface area contributed by atoms with E-state index >= 15 is 0 Å². The molecule has 9 N–H and O–H groups in total. The molecule has 0 saturated carbocycles. The number of aromatic amines is 1. The van der Waals surface area contributed by atoms with Gasteiger partial charge in [-0.3, -0.25) is 23.4 Å². The summed E-state index contributed by atoms with van der Waals surface area (Å²) >= 11 is 0. The lowest BCUT2D eigenvalue weighted by Gasteiger charge is -2.39. The van der Waals surface area contributed by atoms with Crippen LogP contribution in [0.25, 0.3) is 0 Å². The second-order valence-electron chi connectivity index (χ2n) is 7.68. The van der Waals surface area contributed by atoms with Crippen molar-refractivity contribution in [3.63, 3.8) is 0 Å². The summed E-state index contributed by atoms with van der Waals surface area (Å²) in [5.74, 6) is 0. The molecule has 2 aliphatic rings. The van der Waals surface area contributed by atoms with Gasteiger partial charge in [0.2, 0.25) is 0 Å². The van der Waals surface area contributed by atoms with Crippen LogP contribution in [-0.4, -0.2) is 112 Å². The first-order valence-electron chi connectivity index (χ1n) is 9.99. The molecule has 21 heteroatoms. The number of aromatic nitrogens is 2. The minimum Gasteiger partial charge on any atom is -0.394 e. The zero-order valence-electron chi connectivity index (χ0n) is 17.9. The molecular formula is C15H24N2O17P2. The predicted molar refractivity (Wildman–Crippen MR) is 109 cm³/mol. The maximum Gasteiger partial charge on any atom is 0.483 e. The molecule has 3 heterocycles. The number of phosphoric ester groups is 2. The van der Waals surface area contributed by atoms with Gasteiger partial charge in [0.05, 0.1) is 13.2 Å². The van der Waals surface area contributed by atoms with E-state index in [0.29, 0.717) is 0 Å². The molecule has 2 aliphatic heterocycles. The third-order valence-corrected chi connectivity index (χ3v) is 7.76. The molecule has 2 unspecified atom stereocenters. The van der Waals surface area contributed by atoms with Crippen molar-refractivity contribution in [1.82, 2.24) is 9.55 Å². The molecule has 1 aromatic heterocycles. The number of hydrogen-bond donors (Lipinski definition) is 9. The van der Waals surface area contributed by atoms with E-state index in [1.807, 2.05) is 4.98 Å². The van der Waals surface area contributed by atoms with E-state index in [4.69, 9.17) is 14.6 Å². The molecule has 0 spiro atoms. The third-order valence-electron chi connectivity index (χ3n) is 5.16. The van der Waals surface area contributed by atoms with E-state index in [1.165, 1.54) is 0 Å². The Labute approximate surface area is 199 Å². The number of aliphatic hydroxyl groups is 6. The standard InChI is InChI=1S/C15H24N2O17P2/c18-3-5-8(20)10(22)12(24)14(32-5)33-36(28,29)34-35(26,27)30-4-6-9(21)11(23)13(31-6)17-2-1-7(19)16-15(17)25/h1-2,5-6,8-14,18,20-24H,3-4H2,(H,26,27)(H,28,29)(H,16,19,25)/t5-,6-,8+,9-,10+,11-,12-,13-,14-/m1/s1/i3+1,5+1,8+1,10+1,12+1,14+1. The van der Waals surface area contributed by atoms with Crippen LogP contribution in [0.3, 0.4) is 0 Å². The van der Waals surface area contributed by atoms with Crippen LogP contribution in [0.15, 0.2) is 21.9 Å². The quantitative estimate of drug-likeness (QED) is 0.0990. The number of hydrogen-bond acceptors (Lipinski definition) is 15. The van der Waals surface area contributed by atoms with E-state index in [1.54, 1.807) is 0 Å². The van der Waals surface area contributed by atoms with Crippen LogP contribution in [-0.2, 0) is 32.0 Å². The Morgan fingerprint density at radius 1 is 0.917 bits per heavy atom. The summed E-state index contributed by atoms with van der Waals surface area (Å²) in [6.45, 7) is -1.93. The molecule has 2 fully saturated rings. The maximum absolute atomic E-state index is 12.2. The van der Waals surface area contributed by atoms with E-state index < -0.39 is 95.4 Å². The molecule has 0 aromatic carbocycles. The lowest BCUT2D eigenvalue weighted by molar-refractivity contribution is -0.280. The Morgan fingerprint density at radius 2 is 1.56 bits per heavy atom. The van der Waals surface area contributed by atoms with Crippen LogP contribution in [0.5, 0.6) is 0 Å². The largest absolute Gasteiger partial charge is 0.483 e. The molecular weight excluding hydrogens is 548 g/mol. The Balaban J connectivity index is 1.61. The Morgan fingerprint density at radius 3 is 2.17 bits per heavy atom. The first-order chi connectivity index (χ1) is 16.7. The normalized spacial score (nSPS) is 38.4. The lowest BCUT2D eigenvalue weighted by Crippen LogP contribution is -2.58. The average molecular weight is 572 g/mol. The van der Waals surface area contributed by atoms with Crippen LogP contribution in [0.2, 0.25) is 0 Å². The number of ether oxygens (including phenoxy) is 2. The van der Waals surface area contributed by atoms with Crippen molar-refractivity contribution in [2.75, 3.05) is 13.2 Å². The van der Waals surface area contributed by atoms with Gasteiger partial charge >= 0.3 is 21.3 Å². The van der Waals surface area contributed by atoms with Crippen LogP contribution < -0.4 is 11.2 Å². The molecule has 206 valence electrons. The van der Waals surface area contributed by atoms with Crippen LogP contribution in [0.4, 0.5) is 0 Å². The van der Waals surface area contributed by atoms with Gasteiger partial charge in [-0.05, 0) is 0 Å². The lowest BCUT2D eigenvalue weighted by atomic mass is 10.1. The van der Waals surface area contributed by atoms with Crippen molar-refractivity contribution in [1.29, 1.82) is 0 Å². The first-order valence-corrected chi connectivity index (χ1v) is 13.0. The zero-order valence-corrected chi connectivity index (χ0v) is 19.6. The highest BCUT2D eigenvalue weighted by Crippen LogP contribution is 2.61. The van der Waals surface area contributed by atoms with Crippen LogP contribution in [0.1, 0.15) is 6.23 Å². The summed E-state index contributed by atoms with van der Waals surface area (Å²) in [6.07, 6.45) is -15.4. The smallest absolute Gasteiger partial charge is 0.394 e. The van der Waals surface area contributed by atoms with Crippen molar-refractivity contribution in [3.05, 3.63) is 33.1 Å². The summed E-state index contributed by atoms with van der Waals surface area (Å²) in [4.78, 5) is 44.5. The van der Waals surface area contributed by atoms with E-state index in [2.05, 4.69) is 13.4 Å². The van der Waals surface area contributed by atoms with Crippen molar-refractivity contribution in [2.24, 2.45) is 0 Å². The summed E-state index contributed by atoms with van der Waals surface area (Å²) in [5.41, 5.74) is -1.75. The molecule has 1 aromatic rings. The number of H-pyrrole nitrogens is 1. The maximum atomic E-state index is 12.2. The van der Waals surface area contributed by atoms with Gasteiger partial charge in [0, 0.05) is 12.3 Å². The second kappa shape index (κ2) is 11.2. The molecule has 0 radical (unpaired) electrons. The van der Waals surface area contributed by atoms with E-state index in [9.17, 15) is 54.0 Å². The van der Waals surface area contributed by atoms with Gasteiger partial charge in [-0.25, -0.2) is 13.9 Å². The van der Waals surface area contributed by atoms with Gasteiger partial charge in [-0.2, -0.15) is 4.31 Å². The monoisotopic (exact) mass is 572 g/mol. The molecule has 0 bridgehead atoms. The Kier molecular flexibility index (Phi) is 9.05. The Hall–Kier alpha value is -1.38. The Bertz CT molecular complexity index is 1120.